The van der Waals surface area contributed by atoms with Crippen LogP contribution in [0.2, 0.25) is 0 Å². The minimum absolute atomic E-state index is 0.858. The highest BCUT2D eigenvalue weighted by molar-refractivity contribution is 5.71. The predicted octanol–water partition coefficient (Wildman–Crippen LogP) is -1.65. The van der Waals surface area contributed by atoms with Crippen molar-refractivity contribution >= 4 is 6.03 Å². The number of carbonyl (C=O) groups excluding carboxylic acids is 1. The summed E-state index contributed by atoms with van der Waals surface area (Å²) in [6.45, 7) is 1.33. The predicted molar refractivity (Wildman–Crippen MR) is 30.4 cm³/mol. The Bertz CT molecular complexity index is 104. The number of urea groups is 1. The zero-order chi connectivity index (χ0) is 7.44. The number of aliphatic hydroxyl groups excluding tert-OH is 2. The first-order chi connectivity index (χ1) is 4.04. The first-order valence-electron chi connectivity index (χ1n) is 2.46. The number of aliphatic hydroxyl groups is 2. The Morgan fingerprint density at radius 3 is 2.22 bits per heavy atom. The fourth-order valence-electron chi connectivity index (χ4n) is 0.266. The molecule has 0 bridgehead atoms. The van der Waals surface area contributed by atoms with E-state index < -0.39 is 18.4 Å². The molecule has 0 heterocycles. The molecule has 0 aliphatic carbocycles. The maximum Gasteiger partial charge on any atom is 0.314 e. The largest absolute Gasteiger partial charge is 0.389 e. The lowest BCUT2D eigenvalue weighted by molar-refractivity contribution is 0.0176. The molecule has 0 spiro atoms. The first-order valence-corrected chi connectivity index (χ1v) is 2.46. The van der Waals surface area contributed by atoms with E-state index in [0.717, 1.165) is 0 Å². The summed E-state index contributed by atoms with van der Waals surface area (Å²) in [7, 11) is 0. The summed E-state index contributed by atoms with van der Waals surface area (Å²) in [5, 5.41) is 19.1. The van der Waals surface area contributed by atoms with Gasteiger partial charge >= 0.3 is 6.03 Å². The van der Waals surface area contributed by atoms with E-state index in [1.165, 1.54) is 6.92 Å². The van der Waals surface area contributed by atoms with Gasteiger partial charge in [-0.05, 0) is 6.92 Å². The van der Waals surface area contributed by atoms with Gasteiger partial charge in [0, 0.05) is 0 Å². The Hall–Kier alpha value is -0.810. The van der Waals surface area contributed by atoms with Crippen LogP contribution in [0, 0.1) is 0 Å². The van der Waals surface area contributed by atoms with Crippen LogP contribution >= 0.6 is 0 Å². The van der Waals surface area contributed by atoms with Crippen molar-refractivity contribution in [3.8, 4) is 0 Å². The zero-order valence-corrected chi connectivity index (χ0v) is 5.03. The van der Waals surface area contributed by atoms with Gasteiger partial charge in [0.1, 0.15) is 0 Å². The van der Waals surface area contributed by atoms with Crippen LogP contribution in [-0.4, -0.2) is 28.6 Å². The molecule has 5 heteroatoms. The number of nitrogens with two attached hydrogens (primary N) is 1. The van der Waals surface area contributed by atoms with Crippen molar-refractivity contribution in [1.82, 2.24) is 5.32 Å². The summed E-state index contributed by atoms with van der Waals surface area (Å²) in [5.74, 6) is 0. The van der Waals surface area contributed by atoms with E-state index in [2.05, 4.69) is 5.73 Å². The molecular formula is C4H10N2O3. The van der Waals surface area contributed by atoms with Crippen molar-refractivity contribution in [3.63, 3.8) is 0 Å². The van der Waals surface area contributed by atoms with E-state index in [-0.39, 0.29) is 0 Å². The van der Waals surface area contributed by atoms with E-state index in [0.29, 0.717) is 0 Å². The lowest BCUT2D eigenvalue weighted by Gasteiger charge is -2.12. The van der Waals surface area contributed by atoms with Gasteiger partial charge in [0.15, 0.2) is 6.23 Å². The van der Waals surface area contributed by atoms with Gasteiger partial charge in [-0.3, -0.25) is 0 Å². The molecule has 0 rings (SSSR count). The topological polar surface area (TPSA) is 95.6 Å². The van der Waals surface area contributed by atoms with Crippen LogP contribution in [0.25, 0.3) is 0 Å². The third-order valence-corrected chi connectivity index (χ3v) is 0.747. The van der Waals surface area contributed by atoms with Gasteiger partial charge in [0.25, 0.3) is 0 Å². The average molecular weight is 134 g/mol. The van der Waals surface area contributed by atoms with Gasteiger partial charge in [0.2, 0.25) is 0 Å². The Labute approximate surface area is 52.5 Å². The molecule has 0 aromatic carbocycles. The summed E-state index contributed by atoms with van der Waals surface area (Å²) in [6.07, 6.45) is -2.28. The lowest BCUT2D eigenvalue weighted by Crippen LogP contribution is -2.44. The molecule has 0 aliphatic rings. The van der Waals surface area contributed by atoms with Crippen molar-refractivity contribution in [2.45, 2.75) is 19.3 Å². The van der Waals surface area contributed by atoms with Crippen molar-refractivity contribution in [1.29, 1.82) is 0 Å². The number of hydrogen-bond acceptors (Lipinski definition) is 3. The van der Waals surface area contributed by atoms with Gasteiger partial charge in [-0.15, -0.1) is 0 Å². The van der Waals surface area contributed by atoms with Gasteiger partial charge in [-0.25, -0.2) is 4.79 Å². The molecule has 0 saturated heterocycles. The van der Waals surface area contributed by atoms with Crippen LogP contribution in [0.15, 0.2) is 0 Å². The number of primary amides is 1. The van der Waals surface area contributed by atoms with Crippen LogP contribution in [0.5, 0.6) is 0 Å². The molecule has 0 aromatic rings. The number of hydrogen-bond donors (Lipinski definition) is 4. The summed E-state index contributed by atoms with van der Waals surface area (Å²) in [5.41, 5.74) is 4.61. The maximum atomic E-state index is 9.95. The molecule has 2 unspecified atom stereocenters. The van der Waals surface area contributed by atoms with Crippen LogP contribution in [-0.2, 0) is 0 Å². The normalized spacial score (nSPS) is 16.3. The van der Waals surface area contributed by atoms with Crippen LogP contribution in [0.4, 0.5) is 4.79 Å². The summed E-state index contributed by atoms with van der Waals surface area (Å²) in [4.78, 5) is 9.95. The fourth-order valence-corrected chi connectivity index (χ4v) is 0.266. The van der Waals surface area contributed by atoms with Crippen molar-refractivity contribution in [2.24, 2.45) is 5.73 Å². The highest BCUT2D eigenvalue weighted by atomic mass is 16.3. The zero-order valence-electron chi connectivity index (χ0n) is 5.03. The van der Waals surface area contributed by atoms with Gasteiger partial charge in [-0.1, -0.05) is 0 Å². The SMILES string of the molecule is CC(O)C(O)NC(N)=O. The molecule has 0 aromatic heterocycles. The van der Waals surface area contributed by atoms with Crippen molar-refractivity contribution in [3.05, 3.63) is 0 Å². The molecule has 5 nitrogen and oxygen atoms in total. The van der Waals surface area contributed by atoms with Gasteiger partial charge < -0.3 is 21.3 Å². The Morgan fingerprint density at radius 1 is 1.67 bits per heavy atom. The third kappa shape index (κ3) is 3.75. The van der Waals surface area contributed by atoms with E-state index in [1.807, 2.05) is 5.32 Å². The monoisotopic (exact) mass is 134 g/mol. The minimum Gasteiger partial charge on any atom is -0.389 e. The third-order valence-electron chi connectivity index (χ3n) is 0.747. The van der Waals surface area contributed by atoms with Crippen LogP contribution in [0.1, 0.15) is 6.92 Å². The molecule has 9 heavy (non-hydrogen) atoms. The number of rotatable bonds is 2. The molecule has 0 fully saturated rings. The average Bonchev–Trinajstić information content (AvgIpc) is 1.63. The quantitative estimate of drug-likeness (QED) is 0.341. The van der Waals surface area contributed by atoms with Crippen molar-refractivity contribution < 1.29 is 15.0 Å². The minimum atomic E-state index is -1.28. The second-order valence-electron chi connectivity index (χ2n) is 1.69. The molecule has 0 aliphatic heterocycles. The number of amides is 2. The van der Waals surface area contributed by atoms with Crippen LogP contribution in [0.3, 0.4) is 0 Å². The van der Waals surface area contributed by atoms with E-state index >= 15 is 0 Å². The lowest BCUT2D eigenvalue weighted by atomic mass is 10.4. The summed E-state index contributed by atoms with van der Waals surface area (Å²) in [6, 6.07) is -0.858. The molecule has 2 amide bonds. The van der Waals surface area contributed by atoms with Crippen molar-refractivity contribution in [2.75, 3.05) is 0 Å². The Morgan fingerprint density at radius 2 is 2.11 bits per heavy atom. The fraction of sp³-hybridized carbons (Fsp3) is 0.750. The van der Waals surface area contributed by atoms with E-state index in [1.54, 1.807) is 0 Å². The number of nitrogens with one attached hydrogen (secondary N) is 1. The van der Waals surface area contributed by atoms with Crippen LogP contribution < -0.4 is 11.1 Å². The maximum absolute atomic E-state index is 9.95. The molecule has 54 valence electrons. The van der Waals surface area contributed by atoms with Gasteiger partial charge in [0.05, 0.1) is 6.10 Å². The first kappa shape index (κ1) is 8.19. The Balaban J connectivity index is 3.50. The molecule has 5 N–H and O–H groups in total. The van der Waals surface area contributed by atoms with Gasteiger partial charge in [-0.2, -0.15) is 0 Å². The highest BCUT2D eigenvalue weighted by Gasteiger charge is 2.10. The smallest absolute Gasteiger partial charge is 0.314 e. The summed E-state index contributed by atoms with van der Waals surface area (Å²) >= 11 is 0. The molecule has 0 saturated carbocycles. The molecular weight excluding hydrogens is 124 g/mol. The highest BCUT2D eigenvalue weighted by Crippen LogP contribution is 1.84. The van der Waals surface area contributed by atoms with E-state index in [4.69, 9.17) is 10.2 Å². The second kappa shape index (κ2) is 3.26. The summed E-state index contributed by atoms with van der Waals surface area (Å²) < 4.78 is 0. The molecule has 0 radical (unpaired) electrons. The molecule has 2 atom stereocenters. The Kier molecular flexibility index (Phi) is 2.97. The van der Waals surface area contributed by atoms with E-state index in [9.17, 15) is 4.79 Å². The second-order valence-corrected chi connectivity index (χ2v) is 1.69. The standard InChI is InChI=1S/C4H10N2O3/c1-2(7)3(8)6-4(5)9/h2-3,7-8H,1H3,(H3,5,6,9). The number of carbonyl (C=O) groups is 1.